The predicted octanol–water partition coefficient (Wildman–Crippen LogP) is 4.66. The van der Waals surface area contributed by atoms with Crippen LogP contribution in [0.1, 0.15) is 54.9 Å². The lowest BCUT2D eigenvalue weighted by atomic mass is 10.1. The number of aliphatic carboxylic acids is 1. The van der Waals surface area contributed by atoms with Gasteiger partial charge in [-0.2, -0.15) is 0 Å². The third-order valence-corrected chi connectivity index (χ3v) is 5.95. The van der Waals surface area contributed by atoms with Gasteiger partial charge in [0.1, 0.15) is 18.2 Å². The molecule has 5 rings (SSSR count). The zero-order valence-electron chi connectivity index (χ0n) is 17.4. The van der Waals surface area contributed by atoms with Crippen molar-refractivity contribution in [1.29, 1.82) is 0 Å². The molecule has 2 heterocycles. The first-order chi connectivity index (χ1) is 14.5. The minimum Gasteiger partial charge on any atom is -0.480 e. The summed E-state index contributed by atoms with van der Waals surface area (Å²) in [5.41, 5.74) is 6.32. The van der Waals surface area contributed by atoms with Gasteiger partial charge in [0, 0.05) is 18.9 Å². The fraction of sp³-hybridized carbons (Fsp3) is 0.375. The van der Waals surface area contributed by atoms with Crippen molar-refractivity contribution >= 4 is 28.0 Å². The number of aryl methyl sites for hydroxylation is 2. The van der Waals surface area contributed by atoms with Gasteiger partial charge in [-0.25, -0.2) is 9.97 Å². The van der Waals surface area contributed by atoms with Crippen molar-refractivity contribution in [3.8, 4) is 0 Å². The molecule has 2 aromatic carbocycles. The van der Waals surface area contributed by atoms with Crippen LogP contribution in [-0.4, -0.2) is 30.2 Å². The Morgan fingerprint density at radius 1 is 1.13 bits per heavy atom. The number of para-hydroxylation sites is 1. The second kappa shape index (κ2) is 7.27. The Morgan fingerprint density at radius 2 is 1.97 bits per heavy atom. The highest BCUT2D eigenvalue weighted by Gasteiger charge is 2.30. The van der Waals surface area contributed by atoms with Crippen LogP contribution in [0.3, 0.4) is 0 Å². The van der Waals surface area contributed by atoms with Crippen molar-refractivity contribution in [3.63, 3.8) is 0 Å². The summed E-state index contributed by atoms with van der Waals surface area (Å²) in [6.07, 6.45) is 4.16. The maximum absolute atomic E-state index is 11.5. The van der Waals surface area contributed by atoms with Crippen LogP contribution in [0.15, 0.2) is 36.4 Å². The van der Waals surface area contributed by atoms with Gasteiger partial charge < -0.3 is 14.2 Å². The van der Waals surface area contributed by atoms with Crippen LogP contribution >= 0.6 is 0 Å². The van der Waals surface area contributed by atoms with Crippen molar-refractivity contribution in [2.75, 3.05) is 0 Å². The van der Waals surface area contributed by atoms with Gasteiger partial charge >= 0.3 is 5.97 Å². The van der Waals surface area contributed by atoms with E-state index in [1.54, 1.807) is 0 Å². The van der Waals surface area contributed by atoms with Crippen molar-refractivity contribution in [1.82, 2.24) is 19.1 Å². The van der Waals surface area contributed by atoms with E-state index in [9.17, 15) is 9.90 Å². The fourth-order valence-electron chi connectivity index (χ4n) is 4.35. The second-order valence-electron chi connectivity index (χ2n) is 8.35. The molecule has 0 atom stereocenters. The highest BCUT2D eigenvalue weighted by atomic mass is 16.4. The molecule has 1 N–H and O–H groups in total. The Balaban J connectivity index is 1.60. The smallest absolute Gasteiger partial charge is 0.323 e. The van der Waals surface area contributed by atoms with Crippen LogP contribution in [0.2, 0.25) is 0 Å². The summed E-state index contributed by atoms with van der Waals surface area (Å²) in [4.78, 5) is 21.2. The van der Waals surface area contributed by atoms with E-state index in [1.165, 1.54) is 5.56 Å². The lowest BCUT2D eigenvalue weighted by Gasteiger charge is -2.10. The Hall–Kier alpha value is -3.15. The topological polar surface area (TPSA) is 72.9 Å². The highest BCUT2D eigenvalue weighted by molar-refractivity contribution is 5.81. The van der Waals surface area contributed by atoms with E-state index < -0.39 is 5.97 Å². The number of imidazole rings is 2. The third kappa shape index (κ3) is 3.26. The molecule has 1 aliphatic rings. The van der Waals surface area contributed by atoms with Crippen LogP contribution < -0.4 is 0 Å². The van der Waals surface area contributed by atoms with Gasteiger partial charge in [0.15, 0.2) is 0 Å². The summed E-state index contributed by atoms with van der Waals surface area (Å²) in [7, 11) is 0. The SMILES string of the molecule is CCCc1nc2c(C)cccc2n1Cc1ccc2nc(C3CC3)n(CC(=O)O)c2c1. The Labute approximate surface area is 175 Å². The fourth-order valence-corrected chi connectivity index (χ4v) is 4.35. The Morgan fingerprint density at radius 3 is 2.70 bits per heavy atom. The zero-order chi connectivity index (χ0) is 20.8. The molecule has 0 saturated heterocycles. The van der Waals surface area contributed by atoms with E-state index in [2.05, 4.69) is 48.7 Å². The first kappa shape index (κ1) is 18.9. The normalized spacial score (nSPS) is 14.1. The van der Waals surface area contributed by atoms with E-state index in [1.807, 2.05) is 10.6 Å². The van der Waals surface area contributed by atoms with Crippen molar-refractivity contribution < 1.29 is 9.90 Å². The molecule has 4 aromatic rings. The van der Waals surface area contributed by atoms with Crippen LogP contribution in [0.4, 0.5) is 0 Å². The number of fused-ring (bicyclic) bond motifs is 2. The number of aromatic nitrogens is 4. The van der Waals surface area contributed by atoms with Gasteiger partial charge in [0.05, 0.1) is 22.1 Å². The first-order valence-corrected chi connectivity index (χ1v) is 10.7. The van der Waals surface area contributed by atoms with Crippen LogP contribution in [0.25, 0.3) is 22.1 Å². The van der Waals surface area contributed by atoms with Crippen LogP contribution in [-0.2, 0) is 24.3 Å². The summed E-state index contributed by atoms with van der Waals surface area (Å²) in [6.45, 7) is 4.94. The molecule has 0 amide bonds. The molecule has 0 aliphatic heterocycles. The minimum atomic E-state index is -0.831. The number of benzene rings is 2. The number of carbonyl (C=O) groups is 1. The lowest BCUT2D eigenvalue weighted by Crippen LogP contribution is -2.11. The van der Waals surface area contributed by atoms with Crippen LogP contribution in [0.5, 0.6) is 0 Å². The Bertz CT molecular complexity index is 1260. The quantitative estimate of drug-likeness (QED) is 0.488. The number of hydrogen-bond acceptors (Lipinski definition) is 3. The average molecular weight is 402 g/mol. The predicted molar refractivity (Wildman–Crippen MR) is 117 cm³/mol. The van der Waals surface area contributed by atoms with Gasteiger partial charge in [-0.3, -0.25) is 4.79 Å². The second-order valence-corrected chi connectivity index (χ2v) is 8.35. The number of hydrogen-bond donors (Lipinski definition) is 1. The average Bonchev–Trinajstić information content (AvgIpc) is 3.42. The first-order valence-electron chi connectivity index (χ1n) is 10.7. The standard InChI is InChI=1S/C24H26N4O2/c1-3-5-21-26-23-15(2)6-4-7-19(23)27(21)13-16-8-11-18-20(12-16)28(14-22(29)30)24(25-18)17-9-10-17/h4,6-8,11-12,17H,3,5,9-10,13-14H2,1-2H3,(H,29,30). The van der Waals surface area contributed by atoms with E-state index in [0.29, 0.717) is 12.5 Å². The minimum absolute atomic E-state index is 0.0416. The molecule has 1 saturated carbocycles. The number of carboxylic acid groups (broad SMARTS) is 1. The summed E-state index contributed by atoms with van der Waals surface area (Å²) in [5.74, 6) is 1.58. The molecule has 6 heteroatoms. The van der Waals surface area contributed by atoms with E-state index in [4.69, 9.17) is 9.97 Å². The zero-order valence-corrected chi connectivity index (χ0v) is 17.4. The summed E-state index contributed by atoms with van der Waals surface area (Å²) >= 11 is 0. The van der Waals surface area contributed by atoms with Gasteiger partial charge in [0.25, 0.3) is 0 Å². The van der Waals surface area contributed by atoms with E-state index in [-0.39, 0.29) is 6.54 Å². The number of nitrogens with zero attached hydrogens (tertiary/aromatic N) is 4. The summed E-state index contributed by atoms with van der Waals surface area (Å²) in [6, 6.07) is 12.6. The molecular weight excluding hydrogens is 376 g/mol. The molecule has 0 radical (unpaired) electrons. The summed E-state index contributed by atoms with van der Waals surface area (Å²) in [5, 5.41) is 9.43. The third-order valence-electron chi connectivity index (χ3n) is 5.95. The van der Waals surface area contributed by atoms with Gasteiger partial charge in [0.2, 0.25) is 0 Å². The largest absolute Gasteiger partial charge is 0.480 e. The molecule has 0 bridgehead atoms. The van der Waals surface area contributed by atoms with E-state index >= 15 is 0 Å². The van der Waals surface area contributed by atoms with Gasteiger partial charge in [-0.15, -0.1) is 0 Å². The van der Waals surface area contributed by atoms with Crippen LogP contribution in [0, 0.1) is 6.92 Å². The molecule has 1 fully saturated rings. The van der Waals surface area contributed by atoms with Gasteiger partial charge in [-0.1, -0.05) is 25.1 Å². The lowest BCUT2D eigenvalue weighted by molar-refractivity contribution is -0.137. The van der Waals surface area contributed by atoms with Crippen molar-refractivity contribution in [2.45, 2.75) is 58.5 Å². The summed E-state index contributed by atoms with van der Waals surface area (Å²) < 4.78 is 4.19. The molecule has 154 valence electrons. The highest BCUT2D eigenvalue weighted by Crippen LogP contribution is 2.40. The molecule has 1 aliphatic carbocycles. The molecule has 6 nitrogen and oxygen atoms in total. The molecule has 0 spiro atoms. The number of carboxylic acids is 1. The Kier molecular flexibility index (Phi) is 4.57. The van der Waals surface area contributed by atoms with Gasteiger partial charge in [-0.05, 0) is 55.5 Å². The number of rotatable bonds is 7. The molecular formula is C24H26N4O2. The monoisotopic (exact) mass is 402 g/mol. The molecule has 0 unspecified atom stereocenters. The maximum atomic E-state index is 11.5. The maximum Gasteiger partial charge on any atom is 0.323 e. The van der Waals surface area contributed by atoms with E-state index in [0.717, 1.165) is 65.0 Å². The molecule has 30 heavy (non-hydrogen) atoms. The van der Waals surface area contributed by atoms with Crippen molar-refractivity contribution in [3.05, 3.63) is 59.2 Å². The molecule has 2 aromatic heterocycles. The van der Waals surface area contributed by atoms with Crippen molar-refractivity contribution in [2.24, 2.45) is 0 Å².